The van der Waals surface area contributed by atoms with Crippen molar-refractivity contribution in [3.05, 3.63) is 35.4 Å². The molecule has 0 aromatic heterocycles. The number of rotatable bonds is 4. The topological polar surface area (TPSA) is 54.4 Å². The number of carboxylic acid groups (broad SMARTS) is 1. The minimum Gasteiger partial charge on any atom is -0.481 e. The van der Waals surface area contributed by atoms with Crippen LogP contribution >= 0.6 is 0 Å². The molecular weight excluding hydrogens is 204 g/mol. The van der Waals surface area contributed by atoms with Crippen molar-refractivity contribution in [3.8, 4) is 0 Å². The van der Waals surface area contributed by atoms with Gasteiger partial charge in [0.15, 0.2) is 5.78 Å². The first-order chi connectivity index (χ1) is 7.63. The molecule has 1 N–H and O–H groups in total. The Labute approximate surface area is 94.1 Å². The van der Waals surface area contributed by atoms with Gasteiger partial charge in [0.25, 0.3) is 0 Å². The van der Waals surface area contributed by atoms with Crippen molar-refractivity contribution in [1.82, 2.24) is 0 Å². The Morgan fingerprint density at radius 1 is 1.25 bits per heavy atom. The summed E-state index contributed by atoms with van der Waals surface area (Å²) >= 11 is 0. The summed E-state index contributed by atoms with van der Waals surface area (Å²) in [5.41, 5.74) is 1.81. The van der Waals surface area contributed by atoms with Crippen LogP contribution in [-0.4, -0.2) is 16.9 Å². The van der Waals surface area contributed by atoms with Crippen molar-refractivity contribution < 1.29 is 14.7 Å². The average Bonchev–Trinajstić information content (AvgIpc) is 3.08. The number of carbonyl (C=O) groups is 2. The van der Waals surface area contributed by atoms with Gasteiger partial charge in [-0.3, -0.25) is 9.59 Å². The molecule has 1 saturated carbocycles. The third kappa shape index (κ3) is 1.98. The van der Waals surface area contributed by atoms with E-state index < -0.39 is 11.9 Å². The van der Waals surface area contributed by atoms with Crippen LogP contribution in [0.1, 0.15) is 29.3 Å². The second-order valence-corrected chi connectivity index (χ2v) is 4.20. The van der Waals surface area contributed by atoms with Crippen LogP contribution in [-0.2, 0) is 11.2 Å². The smallest absolute Gasteiger partial charge is 0.307 e. The average molecular weight is 218 g/mol. The lowest BCUT2D eigenvalue weighted by Crippen LogP contribution is -2.08. The summed E-state index contributed by atoms with van der Waals surface area (Å²) in [6, 6.07) is 7.42. The molecule has 0 amide bonds. The molecule has 1 aromatic rings. The van der Waals surface area contributed by atoms with Gasteiger partial charge < -0.3 is 5.11 Å². The molecule has 0 saturated heterocycles. The number of benzene rings is 1. The zero-order valence-corrected chi connectivity index (χ0v) is 9.14. The summed E-state index contributed by atoms with van der Waals surface area (Å²) in [6.07, 6.45) is 1.43. The molecule has 0 spiro atoms. The Balaban J connectivity index is 2.08. The monoisotopic (exact) mass is 218 g/mol. The van der Waals surface area contributed by atoms with Crippen molar-refractivity contribution in [3.63, 3.8) is 0 Å². The maximum Gasteiger partial charge on any atom is 0.307 e. The predicted octanol–water partition coefficient (Wildman–Crippen LogP) is 2.15. The predicted molar refractivity (Wildman–Crippen MR) is 59.4 cm³/mol. The first-order valence-corrected chi connectivity index (χ1v) is 5.49. The number of ketones is 1. The van der Waals surface area contributed by atoms with E-state index in [0.29, 0.717) is 12.0 Å². The van der Waals surface area contributed by atoms with Crippen LogP contribution in [0.15, 0.2) is 24.3 Å². The molecule has 0 heterocycles. The van der Waals surface area contributed by atoms with Gasteiger partial charge in [0.05, 0.1) is 5.92 Å². The lowest BCUT2D eigenvalue weighted by molar-refractivity contribution is -0.138. The second kappa shape index (κ2) is 4.08. The van der Waals surface area contributed by atoms with Crippen LogP contribution in [0.5, 0.6) is 0 Å². The summed E-state index contributed by atoms with van der Waals surface area (Å²) in [5.74, 6) is -1.65. The van der Waals surface area contributed by atoms with Gasteiger partial charge in [-0.25, -0.2) is 0 Å². The van der Waals surface area contributed by atoms with E-state index in [0.717, 1.165) is 6.42 Å². The van der Waals surface area contributed by atoms with Crippen LogP contribution in [0.3, 0.4) is 0 Å². The Bertz CT molecular complexity index is 419. The summed E-state index contributed by atoms with van der Waals surface area (Å²) in [7, 11) is 0. The van der Waals surface area contributed by atoms with Gasteiger partial charge in [0, 0.05) is 11.5 Å². The van der Waals surface area contributed by atoms with Crippen LogP contribution < -0.4 is 0 Å². The fourth-order valence-electron chi connectivity index (χ4n) is 1.88. The van der Waals surface area contributed by atoms with Crippen molar-refractivity contribution >= 4 is 11.8 Å². The highest BCUT2D eigenvalue weighted by atomic mass is 16.4. The van der Waals surface area contributed by atoms with Gasteiger partial charge in [-0.1, -0.05) is 31.2 Å². The molecule has 0 unspecified atom stereocenters. The fourth-order valence-corrected chi connectivity index (χ4v) is 1.88. The van der Waals surface area contributed by atoms with E-state index in [1.165, 1.54) is 5.56 Å². The van der Waals surface area contributed by atoms with E-state index >= 15 is 0 Å². The fraction of sp³-hybridized carbons (Fsp3) is 0.385. The molecule has 84 valence electrons. The van der Waals surface area contributed by atoms with Gasteiger partial charge in [-0.2, -0.15) is 0 Å². The zero-order valence-electron chi connectivity index (χ0n) is 9.14. The molecular formula is C13H14O3. The first kappa shape index (κ1) is 10.9. The molecule has 3 nitrogen and oxygen atoms in total. The quantitative estimate of drug-likeness (QED) is 0.788. The van der Waals surface area contributed by atoms with Crippen molar-refractivity contribution in [1.29, 1.82) is 0 Å². The van der Waals surface area contributed by atoms with Gasteiger partial charge >= 0.3 is 5.97 Å². The third-order valence-electron chi connectivity index (χ3n) is 3.09. The van der Waals surface area contributed by atoms with E-state index in [1.54, 1.807) is 12.1 Å². The number of Topliss-reactive ketones (excluding diaryl/α,β-unsaturated/α-hetero) is 1. The van der Waals surface area contributed by atoms with Crippen LogP contribution in [0.4, 0.5) is 0 Å². The van der Waals surface area contributed by atoms with Crippen LogP contribution in [0.25, 0.3) is 0 Å². The largest absolute Gasteiger partial charge is 0.481 e. The molecule has 2 rings (SSSR count). The Morgan fingerprint density at radius 2 is 1.88 bits per heavy atom. The number of aliphatic carboxylic acids is 1. The van der Waals surface area contributed by atoms with Crippen LogP contribution in [0, 0.1) is 11.8 Å². The van der Waals surface area contributed by atoms with E-state index in [4.69, 9.17) is 5.11 Å². The number of hydrogen-bond acceptors (Lipinski definition) is 2. The lowest BCUT2D eigenvalue weighted by atomic mass is 10.0. The van der Waals surface area contributed by atoms with Gasteiger partial charge in [0.1, 0.15) is 0 Å². The molecule has 1 aromatic carbocycles. The van der Waals surface area contributed by atoms with Crippen molar-refractivity contribution in [2.24, 2.45) is 11.8 Å². The number of hydrogen-bond donors (Lipinski definition) is 1. The standard InChI is InChI=1S/C13H14O3/c1-2-8-3-5-9(6-4-8)12(14)10-7-11(10)13(15)16/h3-6,10-11H,2,7H2,1H3,(H,15,16)/t10-,11-/m1/s1. The summed E-state index contributed by atoms with van der Waals surface area (Å²) < 4.78 is 0. The molecule has 0 radical (unpaired) electrons. The lowest BCUT2D eigenvalue weighted by Gasteiger charge is -2.01. The molecule has 16 heavy (non-hydrogen) atoms. The molecule has 1 aliphatic rings. The van der Waals surface area contributed by atoms with Gasteiger partial charge in [-0.15, -0.1) is 0 Å². The third-order valence-corrected chi connectivity index (χ3v) is 3.09. The summed E-state index contributed by atoms with van der Waals surface area (Å²) in [5, 5.41) is 8.75. The molecule has 0 bridgehead atoms. The van der Waals surface area contributed by atoms with E-state index in [2.05, 4.69) is 6.92 Å². The maximum absolute atomic E-state index is 11.9. The SMILES string of the molecule is CCc1ccc(C(=O)[C@@H]2C[C@H]2C(=O)O)cc1. The number of carboxylic acids is 1. The second-order valence-electron chi connectivity index (χ2n) is 4.20. The summed E-state index contributed by atoms with van der Waals surface area (Å²) in [4.78, 5) is 22.5. The molecule has 3 heteroatoms. The van der Waals surface area contributed by atoms with Crippen LogP contribution in [0.2, 0.25) is 0 Å². The molecule has 1 aliphatic carbocycles. The van der Waals surface area contributed by atoms with Gasteiger partial charge in [-0.05, 0) is 18.4 Å². The maximum atomic E-state index is 11.9. The Morgan fingerprint density at radius 3 is 2.31 bits per heavy atom. The highest BCUT2D eigenvalue weighted by molar-refractivity contribution is 6.02. The first-order valence-electron chi connectivity index (χ1n) is 5.49. The highest BCUT2D eigenvalue weighted by Gasteiger charge is 2.48. The molecule has 2 atom stereocenters. The zero-order chi connectivity index (χ0) is 11.7. The Kier molecular flexibility index (Phi) is 2.77. The molecule has 0 aliphatic heterocycles. The Hall–Kier alpha value is -1.64. The van der Waals surface area contributed by atoms with E-state index in [-0.39, 0.29) is 11.7 Å². The van der Waals surface area contributed by atoms with Gasteiger partial charge in [0.2, 0.25) is 0 Å². The van der Waals surface area contributed by atoms with Crippen molar-refractivity contribution in [2.45, 2.75) is 19.8 Å². The minimum atomic E-state index is -0.858. The van der Waals surface area contributed by atoms with E-state index in [9.17, 15) is 9.59 Å². The normalized spacial score (nSPS) is 22.8. The van der Waals surface area contributed by atoms with Crippen molar-refractivity contribution in [2.75, 3.05) is 0 Å². The highest BCUT2D eigenvalue weighted by Crippen LogP contribution is 2.41. The molecule has 1 fully saturated rings. The summed E-state index contributed by atoms with van der Waals surface area (Å²) in [6.45, 7) is 2.05. The number of aryl methyl sites for hydroxylation is 1. The minimum absolute atomic E-state index is 0.0324. The van der Waals surface area contributed by atoms with E-state index in [1.807, 2.05) is 12.1 Å². The number of carbonyl (C=O) groups excluding carboxylic acids is 1.